The number of nitrogens with one attached hydrogen (secondary N) is 2. The van der Waals surface area contributed by atoms with E-state index in [0.717, 1.165) is 0 Å². The molecule has 2 N–H and O–H groups in total. The van der Waals surface area contributed by atoms with Crippen LogP contribution >= 0.6 is 0 Å². The first-order valence-electron chi connectivity index (χ1n) is 9.13. The maximum absolute atomic E-state index is 13.6. The third-order valence-electron chi connectivity index (χ3n) is 4.21. The van der Waals surface area contributed by atoms with E-state index in [0.29, 0.717) is 0 Å². The molecule has 0 bridgehead atoms. The first-order chi connectivity index (χ1) is 14.8. The van der Waals surface area contributed by atoms with Crippen molar-refractivity contribution in [2.24, 2.45) is 0 Å². The van der Waals surface area contributed by atoms with Crippen molar-refractivity contribution < 1.29 is 31.6 Å². The molecule has 0 saturated heterocycles. The van der Waals surface area contributed by atoms with Crippen LogP contribution in [0.5, 0.6) is 5.75 Å². The van der Waals surface area contributed by atoms with Gasteiger partial charge in [-0.05, 0) is 37.3 Å². The Morgan fingerprint density at radius 1 is 1.03 bits per heavy atom. The molecule has 1 heterocycles. The number of carbonyl (C=O) groups excluding carboxylic acids is 2. The summed E-state index contributed by atoms with van der Waals surface area (Å²) in [5.41, 5.74) is 4.40. The normalized spacial score (nSPS) is 12.1. The number of hydrazine groups is 1. The minimum atomic E-state index is -3.71. The zero-order chi connectivity index (χ0) is 22.4. The fraction of sp³-hybridized carbons (Fsp3) is 0.143. The van der Waals surface area contributed by atoms with Crippen LogP contribution in [0.25, 0.3) is 0 Å². The average molecular weight is 446 g/mol. The molecule has 0 saturated carbocycles. The maximum atomic E-state index is 13.6. The summed E-state index contributed by atoms with van der Waals surface area (Å²) in [6.45, 7) is 1.37. The summed E-state index contributed by atoms with van der Waals surface area (Å²) in [6.07, 6.45) is 0.0583. The van der Waals surface area contributed by atoms with Gasteiger partial charge in [-0.15, -0.1) is 0 Å². The molecule has 10 heteroatoms. The molecule has 31 heavy (non-hydrogen) atoms. The molecule has 0 spiro atoms. The van der Waals surface area contributed by atoms with E-state index in [4.69, 9.17) is 9.15 Å². The van der Waals surface area contributed by atoms with E-state index >= 15 is 0 Å². The predicted octanol–water partition coefficient (Wildman–Crippen LogP) is 2.62. The Bertz CT molecular complexity index is 1180. The number of rotatable bonds is 7. The molecule has 162 valence electrons. The Labute approximate surface area is 177 Å². The molecule has 0 fully saturated rings. The van der Waals surface area contributed by atoms with E-state index in [9.17, 15) is 22.4 Å². The van der Waals surface area contributed by atoms with E-state index < -0.39 is 39.3 Å². The second-order valence-corrected chi connectivity index (χ2v) is 8.47. The minimum Gasteiger partial charge on any atom is -0.478 e. The predicted molar refractivity (Wildman–Crippen MR) is 108 cm³/mol. The summed E-state index contributed by atoms with van der Waals surface area (Å²) < 4.78 is 49.0. The quantitative estimate of drug-likeness (QED) is 0.539. The number of hydrogen-bond donors (Lipinski definition) is 2. The fourth-order valence-electron chi connectivity index (χ4n) is 2.63. The van der Waals surface area contributed by atoms with Gasteiger partial charge in [0.05, 0.1) is 16.9 Å². The molecule has 2 aromatic carbocycles. The van der Waals surface area contributed by atoms with Crippen molar-refractivity contribution in [2.75, 3.05) is 0 Å². The lowest BCUT2D eigenvalue weighted by atomic mass is 10.3. The molecule has 1 aromatic heterocycles. The number of carbonyl (C=O) groups is 2. The molecule has 0 aliphatic carbocycles. The van der Waals surface area contributed by atoms with Crippen molar-refractivity contribution in [3.05, 3.63) is 84.1 Å². The number of sulfone groups is 1. The Morgan fingerprint density at radius 2 is 1.71 bits per heavy atom. The maximum Gasteiger partial charge on any atom is 0.305 e. The number of amides is 2. The molecule has 2 amide bonds. The zero-order valence-electron chi connectivity index (χ0n) is 16.4. The Morgan fingerprint density at radius 3 is 2.42 bits per heavy atom. The van der Waals surface area contributed by atoms with E-state index in [2.05, 4.69) is 10.9 Å². The molecule has 1 atom stereocenters. The highest BCUT2D eigenvalue weighted by Gasteiger charge is 2.23. The molecule has 0 aliphatic rings. The van der Waals surface area contributed by atoms with E-state index in [1.807, 2.05) is 0 Å². The van der Waals surface area contributed by atoms with Gasteiger partial charge >= 0.3 is 5.91 Å². The summed E-state index contributed by atoms with van der Waals surface area (Å²) in [7, 11) is -3.71. The van der Waals surface area contributed by atoms with Gasteiger partial charge in [-0.1, -0.05) is 30.3 Å². The second-order valence-electron chi connectivity index (χ2n) is 6.48. The van der Waals surface area contributed by atoms with E-state index in [1.54, 1.807) is 24.3 Å². The number of benzene rings is 2. The molecule has 1 unspecified atom stereocenters. The fourth-order valence-corrected chi connectivity index (χ4v) is 4.00. The molecule has 8 nitrogen and oxygen atoms in total. The second kappa shape index (κ2) is 9.43. The minimum absolute atomic E-state index is 0.106. The van der Waals surface area contributed by atoms with Crippen LogP contribution in [0, 0.1) is 5.82 Å². The lowest BCUT2D eigenvalue weighted by Crippen LogP contribution is -2.47. The Kier molecular flexibility index (Phi) is 6.71. The van der Waals surface area contributed by atoms with Crippen molar-refractivity contribution in [3.8, 4) is 5.75 Å². The lowest BCUT2D eigenvalue weighted by Gasteiger charge is -2.15. The van der Waals surface area contributed by atoms with E-state index in [-0.39, 0.29) is 22.0 Å². The number of ether oxygens (including phenoxy) is 1. The number of hydrogen-bond acceptors (Lipinski definition) is 6. The zero-order valence-corrected chi connectivity index (χ0v) is 17.2. The topological polar surface area (TPSA) is 115 Å². The van der Waals surface area contributed by atoms with Crippen molar-refractivity contribution in [3.63, 3.8) is 0 Å². The van der Waals surface area contributed by atoms with Crippen LogP contribution in [0.3, 0.4) is 0 Å². The van der Waals surface area contributed by atoms with Crippen LogP contribution in [0.15, 0.2) is 76.2 Å². The average Bonchev–Trinajstić information content (AvgIpc) is 3.21. The van der Waals surface area contributed by atoms with Gasteiger partial charge in [0.25, 0.3) is 5.91 Å². The highest BCUT2D eigenvalue weighted by atomic mass is 32.2. The molecular weight excluding hydrogens is 427 g/mol. The standard InChI is InChI=1S/C21H19FN2O6S/c1-14(30-18-10-6-5-9-17(18)22)20(25)23-24-21(26)19-15(11-12-29-19)13-31(27,28)16-7-3-2-4-8-16/h2-12,14H,13H2,1H3,(H,23,25)(H,24,26). The Balaban J connectivity index is 1.61. The van der Waals surface area contributed by atoms with Gasteiger partial charge < -0.3 is 9.15 Å². The first kappa shape index (κ1) is 22.0. The van der Waals surface area contributed by atoms with Crippen LogP contribution < -0.4 is 15.6 Å². The third-order valence-corrected chi connectivity index (χ3v) is 5.89. The van der Waals surface area contributed by atoms with Crippen LogP contribution in [0.4, 0.5) is 4.39 Å². The van der Waals surface area contributed by atoms with Crippen molar-refractivity contribution in [1.29, 1.82) is 0 Å². The summed E-state index contributed by atoms with van der Waals surface area (Å²) >= 11 is 0. The SMILES string of the molecule is CC(Oc1ccccc1F)C(=O)NNC(=O)c1occc1CS(=O)(=O)c1ccccc1. The van der Waals surface area contributed by atoms with Gasteiger partial charge in [0.1, 0.15) is 0 Å². The largest absolute Gasteiger partial charge is 0.478 e. The van der Waals surface area contributed by atoms with Gasteiger partial charge in [-0.3, -0.25) is 20.4 Å². The highest BCUT2D eigenvalue weighted by molar-refractivity contribution is 7.90. The molecule has 0 radical (unpaired) electrons. The van der Waals surface area contributed by atoms with Gasteiger partial charge in [0.15, 0.2) is 33.3 Å². The summed E-state index contributed by atoms with van der Waals surface area (Å²) in [5, 5.41) is 0. The molecule has 3 aromatic rings. The number of halogens is 1. The van der Waals surface area contributed by atoms with E-state index in [1.165, 1.54) is 49.6 Å². The summed E-state index contributed by atoms with van der Waals surface area (Å²) in [4.78, 5) is 24.6. The monoisotopic (exact) mass is 446 g/mol. The molecule has 3 rings (SSSR count). The van der Waals surface area contributed by atoms with Gasteiger partial charge in [0.2, 0.25) is 0 Å². The number of para-hydroxylation sites is 1. The van der Waals surface area contributed by atoms with Gasteiger partial charge in [0, 0.05) is 5.56 Å². The van der Waals surface area contributed by atoms with Crippen LogP contribution in [0.2, 0.25) is 0 Å². The lowest BCUT2D eigenvalue weighted by molar-refractivity contribution is -0.128. The van der Waals surface area contributed by atoms with Crippen LogP contribution in [-0.4, -0.2) is 26.3 Å². The summed E-state index contributed by atoms with van der Waals surface area (Å²) in [5.74, 6) is -3.07. The van der Waals surface area contributed by atoms with Crippen LogP contribution in [0.1, 0.15) is 23.0 Å². The Hall–Kier alpha value is -3.66. The van der Waals surface area contributed by atoms with Crippen molar-refractivity contribution in [1.82, 2.24) is 10.9 Å². The van der Waals surface area contributed by atoms with Crippen molar-refractivity contribution >= 4 is 21.7 Å². The van der Waals surface area contributed by atoms with Gasteiger partial charge in [-0.2, -0.15) is 0 Å². The van der Waals surface area contributed by atoms with Crippen molar-refractivity contribution in [2.45, 2.75) is 23.7 Å². The molecule has 0 aliphatic heterocycles. The smallest absolute Gasteiger partial charge is 0.305 e. The third kappa shape index (κ3) is 5.48. The highest BCUT2D eigenvalue weighted by Crippen LogP contribution is 2.20. The summed E-state index contributed by atoms with van der Waals surface area (Å²) in [6, 6.07) is 14.7. The van der Waals surface area contributed by atoms with Gasteiger partial charge in [-0.25, -0.2) is 12.8 Å². The number of furan rings is 1. The molecular formula is C21H19FN2O6S. The first-order valence-corrected chi connectivity index (χ1v) is 10.8. The van der Waals surface area contributed by atoms with Crippen LogP contribution in [-0.2, 0) is 20.4 Å².